The molecule has 76 valence electrons. The van der Waals surface area contributed by atoms with E-state index >= 15 is 0 Å². The number of pyridine rings is 1. The summed E-state index contributed by atoms with van der Waals surface area (Å²) in [6.07, 6.45) is 3.07. The van der Waals surface area contributed by atoms with E-state index in [0.29, 0.717) is 10.2 Å². The van der Waals surface area contributed by atoms with Crippen LogP contribution in [0, 0.1) is 5.82 Å². The Morgan fingerprint density at radius 2 is 1.80 bits per heavy atom. The van der Waals surface area contributed by atoms with Crippen molar-refractivity contribution in [2.24, 2.45) is 0 Å². The molecule has 0 amide bonds. The van der Waals surface area contributed by atoms with Crippen molar-refractivity contribution in [3.05, 3.63) is 63.2 Å². The van der Waals surface area contributed by atoms with Crippen LogP contribution in [0.4, 0.5) is 4.39 Å². The van der Waals surface area contributed by atoms with E-state index in [9.17, 15) is 9.18 Å². The van der Waals surface area contributed by atoms with Crippen molar-refractivity contribution in [2.75, 3.05) is 0 Å². The third-order valence-corrected chi connectivity index (χ3v) is 2.48. The van der Waals surface area contributed by atoms with Gasteiger partial charge in [0, 0.05) is 29.0 Å². The Bertz CT molecular complexity index is 530. The zero-order valence-corrected chi connectivity index (χ0v) is 9.24. The van der Waals surface area contributed by atoms with Crippen LogP contribution in [-0.4, -0.2) is 4.57 Å². The second-order valence-electron chi connectivity index (χ2n) is 3.04. The largest absolute Gasteiger partial charge is 0.321 e. The first-order valence-electron chi connectivity index (χ1n) is 4.30. The standard InChI is InChI=1S/C11H7BrFNO/c12-8-1-2-11(10(13)7-8)14-5-3-9(15)4-6-14/h1-7H. The van der Waals surface area contributed by atoms with Gasteiger partial charge in [0.1, 0.15) is 5.82 Å². The third-order valence-electron chi connectivity index (χ3n) is 1.99. The fraction of sp³-hybridized carbons (Fsp3) is 0. The lowest BCUT2D eigenvalue weighted by molar-refractivity contribution is 0.617. The maximum atomic E-state index is 13.5. The summed E-state index contributed by atoms with van der Waals surface area (Å²) in [4.78, 5) is 10.9. The maximum Gasteiger partial charge on any atom is 0.181 e. The molecule has 0 N–H and O–H groups in total. The molecule has 15 heavy (non-hydrogen) atoms. The summed E-state index contributed by atoms with van der Waals surface area (Å²) >= 11 is 3.18. The van der Waals surface area contributed by atoms with Gasteiger partial charge in [-0.3, -0.25) is 4.79 Å². The van der Waals surface area contributed by atoms with Crippen molar-refractivity contribution in [3.63, 3.8) is 0 Å². The number of benzene rings is 1. The van der Waals surface area contributed by atoms with Crippen LogP contribution in [0.3, 0.4) is 0 Å². The number of hydrogen-bond donors (Lipinski definition) is 0. The van der Waals surface area contributed by atoms with E-state index in [-0.39, 0.29) is 11.2 Å². The van der Waals surface area contributed by atoms with Gasteiger partial charge in [0.2, 0.25) is 0 Å². The van der Waals surface area contributed by atoms with E-state index in [1.165, 1.54) is 30.6 Å². The third kappa shape index (κ3) is 2.15. The van der Waals surface area contributed by atoms with E-state index in [4.69, 9.17) is 0 Å². The summed E-state index contributed by atoms with van der Waals surface area (Å²) in [5.41, 5.74) is 0.321. The Morgan fingerprint density at radius 1 is 1.13 bits per heavy atom. The van der Waals surface area contributed by atoms with Crippen molar-refractivity contribution in [3.8, 4) is 5.69 Å². The summed E-state index contributed by atoms with van der Waals surface area (Å²) in [6, 6.07) is 7.55. The molecule has 0 saturated carbocycles. The van der Waals surface area contributed by atoms with E-state index < -0.39 is 0 Å². The quantitative estimate of drug-likeness (QED) is 0.779. The highest BCUT2D eigenvalue weighted by molar-refractivity contribution is 9.10. The van der Waals surface area contributed by atoms with Crippen molar-refractivity contribution >= 4 is 15.9 Å². The zero-order chi connectivity index (χ0) is 10.8. The first-order chi connectivity index (χ1) is 7.16. The molecule has 1 heterocycles. The van der Waals surface area contributed by atoms with Crippen LogP contribution >= 0.6 is 15.9 Å². The van der Waals surface area contributed by atoms with Crippen molar-refractivity contribution in [1.82, 2.24) is 4.57 Å². The van der Waals surface area contributed by atoms with Gasteiger partial charge in [0.25, 0.3) is 0 Å². The van der Waals surface area contributed by atoms with Gasteiger partial charge in [-0.2, -0.15) is 0 Å². The zero-order valence-electron chi connectivity index (χ0n) is 7.65. The first kappa shape index (κ1) is 10.1. The lowest BCUT2D eigenvalue weighted by atomic mass is 10.3. The summed E-state index contributed by atoms with van der Waals surface area (Å²) in [5, 5.41) is 0. The lowest BCUT2D eigenvalue weighted by Gasteiger charge is -2.06. The van der Waals surface area contributed by atoms with Gasteiger partial charge >= 0.3 is 0 Å². The first-order valence-corrected chi connectivity index (χ1v) is 5.10. The van der Waals surface area contributed by atoms with Crippen LogP contribution in [0.1, 0.15) is 0 Å². The Morgan fingerprint density at radius 3 is 2.40 bits per heavy atom. The highest BCUT2D eigenvalue weighted by Crippen LogP contribution is 2.17. The topological polar surface area (TPSA) is 22.0 Å². The van der Waals surface area contributed by atoms with Crippen molar-refractivity contribution < 1.29 is 4.39 Å². The molecule has 1 aromatic carbocycles. The van der Waals surface area contributed by atoms with E-state index in [1.54, 1.807) is 16.7 Å². The smallest absolute Gasteiger partial charge is 0.181 e. The Labute approximate surface area is 94.1 Å². The van der Waals surface area contributed by atoms with Gasteiger partial charge in [-0.15, -0.1) is 0 Å². The maximum absolute atomic E-state index is 13.5. The molecule has 2 aromatic rings. The molecular formula is C11H7BrFNO. The molecule has 4 heteroatoms. The number of halogens is 2. The molecule has 0 radical (unpaired) electrons. The van der Waals surface area contributed by atoms with Gasteiger partial charge in [0.15, 0.2) is 5.43 Å². The van der Waals surface area contributed by atoms with Crippen LogP contribution in [0.5, 0.6) is 0 Å². The Hall–Kier alpha value is -1.42. The SMILES string of the molecule is O=c1ccn(-c2ccc(Br)cc2F)cc1. The average molecular weight is 268 g/mol. The summed E-state index contributed by atoms with van der Waals surface area (Å²) in [7, 11) is 0. The van der Waals surface area contributed by atoms with Gasteiger partial charge in [0.05, 0.1) is 5.69 Å². The van der Waals surface area contributed by atoms with Gasteiger partial charge in [-0.05, 0) is 18.2 Å². The second kappa shape index (κ2) is 3.98. The molecule has 0 aliphatic heterocycles. The summed E-state index contributed by atoms with van der Waals surface area (Å²) < 4.78 is 15.8. The van der Waals surface area contributed by atoms with Crippen LogP contribution in [0.2, 0.25) is 0 Å². The van der Waals surface area contributed by atoms with Gasteiger partial charge in [-0.1, -0.05) is 15.9 Å². The monoisotopic (exact) mass is 267 g/mol. The minimum Gasteiger partial charge on any atom is -0.321 e. The number of aromatic nitrogens is 1. The van der Waals surface area contributed by atoms with Crippen molar-refractivity contribution in [2.45, 2.75) is 0 Å². The highest BCUT2D eigenvalue weighted by atomic mass is 79.9. The van der Waals surface area contributed by atoms with Crippen LogP contribution in [-0.2, 0) is 0 Å². The molecule has 0 atom stereocenters. The van der Waals surface area contributed by atoms with E-state index in [2.05, 4.69) is 15.9 Å². The number of hydrogen-bond acceptors (Lipinski definition) is 1. The molecule has 0 fully saturated rings. The molecule has 1 aromatic heterocycles. The Kier molecular flexibility index (Phi) is 2.68. The van der Waals surface area contributed by atoms with Gasteiger partial charge in [-0.25, -0.2) is 4.39 Å². The van der Waals surface area contributed by atoms with Crippen LogP contribution < -0.4 is 5.43 Å². The number of rotatable bonds is 1. The summed E-state index contributed by atoms with van der Waals surface area (Å²) in [5.74, 6) is -0.340. The molecule has 0 saturated heterocycles. The molecule has 0 bridgehead atoms. The molecule has 2 rings (SSSR count). The van der Waals surface area contributed by atoms with E-state index in [1.807, 2.05) is 0 Å². The van der Waals surface area contributed by atoms with E-state index in [0.717, 1.165) is 0 Å². The van der Waals surface area contributed by atoms with Crippen molar-refractivity contribution in [1.29, 1.82) is 0 Å². The molecule has 2 nitrogen and oxygen atoms in total. The molecular weight excluding hydrogens is 261 g/mol. The Balaban J connectivity index is 2.54. The van der Waals surface area contributed by atoms with Crippen LogP contribution in [0.15, 0.2) is 52.0 Å². The molecule has 0 aliphatic rings. The fourth-order valence-electron chi connectivity index (χ4n) is 1.26. The fourth-order valence-corrected chi connectivity index (χ4v) is 1.60. The molecule has 0 aliphatic carbocycles. The predicted molar refractivity (Wildman–Crippen MR) is 59.7 cm³/mol. The minimum absolute atomic E-state index is 0.0937. The molecule has 0 spiro atoms. The van der Waals surface area contributed by atoms with Crippen LogP contribution in [0.25, 0.3) is 5.69 Å². The minimum atomic E-state index is -0.340. The molecule has 0 unspecified atom stereocenters. The lowest BCUT2D eigenvalue weighted by Crippen LogP contribution is -2.03. The second-order valence-corrected chi connectivity index (χ2v) is 3.95. The normalized spacial score (nSPS) is 10.3. The summed E-state index contributed by atoms with van der Waals surface area (Å²) in [6.45, 7) is 0. The highest BCUT2D eigenvalue weighted by Gasteiger charge is 2.02. The predicted octanol–water partition coefficient (Wildman–Crippen LogP) is 2.74. The van der Waals surface area contributed by atoms with Gasteiger partial charge < -0.3 is 4.57 Å². The number of nitrogens with zero attached hydrogens (tertiary/aromatic N) is 1. The average Bonchev–Trinajstić information content (AvgIpc) is 2.20.